The number of esters is 1. The molecule has 2 heterocycles. The maximum absolute atomic E-state index is 14.7. The van der Waals surface area contributed by atoms with Crippen molar-refractivity contribution in [2.75, 3.05) is 59.8 Å². The van der Waals surface area contributed by atoms with E-state index in [2.05, 4.69) is 10.6 Å². The van der Waals surface area contributed by atoms with Gasteiger partial charge in [-0.05, 0) is 105 Å². The van der Waals surface area contributed by atoms with Crippen molar-refractivity contribution in [1.82, 2.24) is 10.6 Å². The van der Waals surface area contributed by atoms with Crippen molar-refractivity contribution in [3.05, 3.63) is 94.6 Å². The van der Waals surface area contributed by atoms with Gasteiger partial charge in [0.15, 0.2) is 0 Å². The second-order valence-electron chi connectivity index (χ2n) is 18.2. The SMILES string of the molecule is CCOC(=O)CCCCCNC(=O)C1(C(=O)NCCS(=O)(=O)O)CC(/C=C/C2(C)N(CCCS(=O)(=O)O)c3ccc(S(=O)(=O)O)cc3C2(C)C)=CC(=C/C=C2\Sc3ccccc3N2CCCS(=O)(=O)O)/C1. The molecule has 5 rings (SSSR count). The second-order valence-corrected chi connectivity index (χ2v) is 25.4. The smallest absolute Gasteiger partial charge is 0.305 e. The molecule has 0 spiro atoms. The predicted molar refractivity (Wildman–Crippen MR) is 269 cm³/mol. The molecule has 0 saturated carbocycles. The summed E-state index contributed by atoms with van der Waals surface area (Å²) in [5.74, 6) is -3.83. The van der Waals surface area contributed by atoms with Gasteiger partial charge < -0.3 is 25.2 Å². The number of ether oxygens (including phenoxy) is 1. The van der Waals surface area contributed by atoms with Gasteiger partial charge in [0.2, 0.25) is 11.8 Å². The number of unbranched alkanes of at least 4 members (excludes halogenated alkanes) is 2. The fraction of sp³-hybridized carbons (Fsp3) is 0.500. The van der Waals surface area contributed by atoms with Crippen LogP contribution >= 0.6 is 11.8 Å². The Hall–Kier alpha value is -4.60. The molecular formula is C46H62N4O16S5. The van der Waals surface area contributed by atoms with E-state index in [1.54, 1.807) is 37.3 Å². The molecule has 6 N–H and O–H groups in total. The Bertz CT molecular complexity index is 2940. The zero-order valence-electron chi connectivity index (χ0n) is 39.9. The molecule has 0 fully saturated rings. The van der Waals surface area contributed by atoms with Gasteiger partial charge in [-0.2, -0.15) is 33.7 Å². The first-order valence-corrected chi connectivity index (χ1v) is 29.9. The fourth-order valence-electron chi connectivity index (χ4n) is 8.96. The molecule has 2 aromatic carbocycles. The quantitative estimate of drug-likeness (QED) is 0.0339. The van der Waals surface area contributed by atoms with E-state index in [-0.39, 0.29) is 69.2 Å². The number of nitrogens with zero attached hydrogens (tertiary/aromatic N) is 2. The molecule has 71 heavy (non-hydrogen) atoms. The first-order valence-electron chi connectivity index (χ1n) is 22.8. The summed E-state index contributed by atoms with van der Waals surface area (Å²) in [6.07, 6.45) is 9.88. The Kier molecular flexibility index (Phi) is 18.6. The van der Waals surface area contributed by atoms with Crippen molar-refractivity contribution in [2.24, 2.45) is 5.41 Å². The van der Waals surface area contributed by atoms with Crippen LogP contribution in [0, 0.1) is 5.41 Å². The lowest BCUT2D eigenvalue weighted by Crippen LogP contribution is -2.53. The Morgan fingerprint density at radius 2 is 1.38 bits per heavy atom. The third kappa shape index (κ3) is 15.0. The van der Waals surface area contributed by atoms with Crippen molar-refractivity contribution in [3.8, 4) is 0 Å². The van der Waals surface area contributed by atoms with E-state index in [0.29, 0.717) is 46.7 Å². The summed E-state index contributed by atoms with van der Waals surface area (Å²) in [6.45, 7) is 7.22. The minimum atomic E-state index is -4.65. The number of rotatable bonds is 24. The summed E-state index contributed by atoms with van der Waals surface area (Å²) in [5, 5.41) is 6.06. The average Bonchev–Trinajstić information content (AvgIpc) is 3.69. The van der Waals surface area contributed by atoms with Gasteiger partial charge in [0.25, 0.3) is 40.5 Å². The minimum absolute atomic E-state index is 0.0448. The van der Waals surface area contributed by atoms with Crippen molar-refractivity contribution in [1.29, 1.82) is 0 Å². The number of amides is 2. The lowest BCUT2D eigenvalue weighted by Gasteiger charge is -2.44. The van der Waals surface area contributed by atoms with Crippen LogP contribution in [0.1, 0.15) is 84.6 Å². The molecule has 2 aliphatic heterocycles. The summed E-state index contributed by atoms with van der Waals surface area (Å²) in [7, 11) is -17.8. The normalized spacial score (nSPS) is 21.3. The van der Waals surface area contributed by atoms with Gasteiger partial charge in [-0.3, -0.25) is 32.6 Å². The monoisotopic (exact) mass is 1090 g/mol. The molecule has 392 valence electrons. The molecule has 2 unspecified atom stereocenters. The van der Waals surface area contributed by atoms with E-state index >= 15 is 0 Å². The average molecular weight is 1090 g/mol. The molecule has 25 heteroatoms. The molecule has 3 aliphatic rings. The van der Waals surface area contributed by atoms with Gasteiger partial charge in [0.1, 0.15) is 5.41 Å². The number of para-hydroxylation sites is 1. The van der Waals surface area contributed by atoms with Crippen LogP contribution in [-0.4, -0.2) is 125 Å². The van der Waals surface area contributed by atoms with Crippen LogP contribution in [0.25, 0.3) is 0 Å². The Morgan fingerprint density at radius 1 is 0.746 bits per heavy atom. The molecule has 0 radical (unpaired) electrons. The van der Waals surface area contributed by atoms with Gasteiger partial charge >= 0.3 is 5.97 Å². The van der Waals surface area contributed by atoms with Crippen molar-refractivity contribution in [3.63, 3.8) is 0 Å². The largest absolute Gasteiger partial charge is 0.466 e. The number of allylic oxidation sites excluding steroid dienone is 6. The highest BCUT2D eigenvalue weighted by Gasteiger charge is 2.53. The summed E-state index contributed by atoms with van der Waals surface area (Å²) in [4.78, 5) is 45.4. The van der Waals surface area contributed by atoms with E-state index in [9.17, 15) is 66.3 Å². The number of thioether (sulfide) groups is 1. The van der Waals surface area contributed by atoms with Crippen molar-refractivity contribution < 1.29 is 71.0 Å². The number of fused-ring (bicyclic) bond motifs is 2. The molecule has 0 aromatic heterocycles. The number of carbonyl (C=O) groups excluding carboxylic acids is 3. The molecule has 2 atom stereocenters. The zero-order chi connectivity index (χ0) is 52.6. The van der Waals surface area contributed by atoms with E-state index in [1.807, 2.05) is 54.8 Å². The molecule has 2 aromatic rings. The van der Waals surface area contributed by atoms with Gasteiger partial charge in [-0.1, -0.05) is 68.5 Å². The number of hydrogen-bond donors (Lipinski definition) is 6. The standard InChI is InChI=1S/C46H62N4O16S5/c1-5-66-41(51)15-7-6-10-22-47-42(52)46(43(53)48-23-28-70(60,61)62)31-33(16-19-40-49(24-11-26-68(54,55)56)38-13-8-9-14-39(38)67-40)29-34(32-46)20-21-45(4)44(2,3)36-30-35(71(63,64)65)17-18-37(36)50(45)25-12-27-69(57,58)59/h8-9,13-14,16-21,29-30H,5-7,10-12,15,22-28,31-32H2,1-4H3,(H,47,52)(H,48,53)(H,54,55,56)(H,57,58,59)(H,60,61,62)(H,63,64,65)/b21-20+,33-16-,40-19-. The highest BCUT2D eigenvalue weighted by molar-refractivity contribution is 8.03. The van der Waals surface area contributed by atoms with Gasteiger partial charge in [-0.15, -0.1) is 0 Å². The lowest BCUT2D eigenvalue weighted by molar-refractivity contribution is -0.144. The summed E-state index contributed by atoms with van der Waals surface area (Å²) in [5.41, 5.74) is -1.40. The summed E-state index contributed by atoms with van der Waals surface area (Å²) >= 11 is 1.39. The molecule has 2 amide bonds. The Balaban J connectivity index is 1.62. The van der Waals surface area contributed by atoms with Crippen LogP contribution in [0.2, 0.25) is 0 Å². The Morgan fingerprint density at radius 3 is 2.01 bits per heavy atom. The van der Waals surface area contributed by atoms with Gasteiger partial charge in [-0.25, -0.2) is 0 Å². The topological polar surface area (TPSA) is 308 Å². The highest BCUT2D eigenvalue weighted by atomic mass is 32.2. The maximum Gasteiger partial charge on any atom is 0.305 e. The zero-order valence-corrected chi connectivity index (χ0v) is 43.9. The second kappa shape index (κ2) is 23.1. The molecule has 20 nitrogen and oxygen atoms in total. The first-order chi connectivity index (χ1) is 33.0. The van der Waals surface area contributed by atoms with Crippen LogP contribution in [-0.2, 0) is 65.0 Å². The van der Waals surface area contributed by atoms with Crippen molar-refractivity contribution >= 4 is 81.4 Å². The number of hydrogen-bond acceptors (Lipinski definition) is 15. The Labute approximate surface area is 420 Å². The third-order valence-corrected chi connectivity index (χ3v) is 17.2. The molecular weight excluding hydrogens is 1020 g/mol. The first kappa shape index (κ1) is 57.3. The van der Waals surface area contributed by atoms with E-state index in [0.717, 1.165) is 10.6 Å². The van der Waals surface area contributed by atoms with E-state index < -0.39 is 92.5 Å². The van der Waals surface area contributed by atoms with Gasteiger partial charge in [0.05, 0.1) is 45.0 Å². The fourth-order valence-corrected chi connectivity index (χ4v) is 11.9. The number of anilines is 2. The van der Waals surface area contributed by atoms with Crippen molar-refractivity contribution in [2.45, 2.75) is 99.8 Å². The van der Waals surface area contributed by atoms with Gasteiger partial charge in [0, 0.05) is 48.6 Å². The summed E-state index contributed by atoms with van der Waals surface area (Å²) in [6, 6.07) is 11.5. The maximum atomic E-state index is 14.7. The number of nitrogens with one attached hydrogen (secondary N) is 2. The van der Waals surface area contributed by atoms with E-state index in [1.165, 1.54) is 30.0 Å². The lowest BCUT2D eigenvalue weighted by atomic mass is 9.68. The predicted octanol–water partition coefficient (Wildman–Crippen LogP) is 5.23. The molecule has 1 aliphatic carbocycles. The summed E-state index contributed by atoms with van der Waals surface area (Å²) < 4.78 is 139. The molecule has 0 saturated heterocycles. The third-order valence-electron chi connectivity index (χ3n) is 12.9. The number of benzene rings is 2. The van der Waals surface area contributed by atoms with Crippen LogP contribution < -0.4 is 20.4 Å². The highest BCUT2D eigenvalue weighted by Crippen LogP contribution is 2.53. The van der Waals surface area contributed by atoms with Crippen LogP contribution in [0.15, 0.2) is 98.8 Å². The minimum Gasteiger partial charge on any atom is -0.466 e. The molecule has 0 bridgehead atoms. The van der Waals surface area contributed by atoms with Crippen LogP contribution in [0.4, 0.5) is 11.4 Å². The number of carbonyl (C=O) groups is 3. The van der Waals surface area contributed by atoms with Crippen LogP contribution in [0.3, 0.4) is 0 Å². The van der Waals surface area contributed by atoms with E-state index in [4.69, 9.17) is 4.74 Å². The van der Waals surface area contributed by atoms with Crippen LogP contribution in [0.5, 0.6) is 0 Å².